The zero-order valence-corrected chi connectivity index (χ0v) is 35.1. The number of rotatable bonds is 16. The van der Waals surface area contributed by atoms with Crippen LogP contribution in [0.1, 0.15) is 90.0 Å². The number of methoxy groups -OCH3 is 6. The molecule has 55 heavy (non-hydrogen) atoms. The highest BCUT2D eigenvalue weighted by Gasteiger charge is 2.44. The van der Waals surface area contributed by atoms with Crippen molar-refractivity contribution >= 4 is 37.2 Å². The van der Waals surface area contributed by atoms with Crippen LogP contribution < -0.4 is 44.4 Å². The molecule has 0 saturated carbocycles. The van der Waals surface area contributed by atoms with E-state index in [0.717, 1.165) is 55.6 Å². The molecule has 0 amide bonds. The van der Waals surface area contributed by atoms with E-state index in [4.69, 9.17) is 28.4 Å². The minimum absolute atomic E-state index is 0. The van der Waals surface area contributed by atoms with Gasteiger partial charge in [0.05, 0.1) is 42.7 Å². The highest BCUT2D eigenvalue weighted by Crippen LogP contribution is 2.43. The lowest BCUT2D eigenvalue weighted by Crippen LogP contribution is -2.43. The van der Waals surface area contributed by atoms with Gasteiger partial charge in [0.2, 0.25) is 5.54 Å². The van der Waals surface area contributed by atoms with E-state index in [1.165, 1.54) is 16.7 Å². The molecule has 0 fully saturated rings. The molecule has 0 spiro atoms. The number of nitrogens with zero attached hydrogens (tertiary/aromatic N) is 1. The zero-order valence-electron chi connectivity index (χ0n) is 32.6. The molecular weight excluding hydrogens is 771 g/mol. The van der Waals surface area contributed by atoms with E-state index in [1.807, 2.05) is 36.4 Å². The maximum atomic E-state index is 13.6. The van der Waals surface area contributed by atoms with E-state index in [-0.39, 0.29) is 60.3 Å². The Balaban J connectivity index is 0.00000271. The summed E-state index contributed by atoms with van der Waals surface area (Å²) >= 11 is 0. The molecule has 3 heterocycles. The average Bonchev–Trinajstić information content (AvgIpc) is 3.18. The van der Waals surface area contributed by atoms with Crippen molar-refractivity contribution in [1.29, 1.82) is 0 Å². The van der Waals surface area contributed by atoms with Crippen LogP contribution in [0.4, 0.5) is 0 Å². The van der Waals surface area contributed by atoms with Crippen molar-refractivity contribution in [2.24, 2.45) is 0 Å². The number of benzene rings is 3. The van der Waals surface area contributed by atoms with Gasteiger partial charge in [-0.2, -0.15) is 0 Å². The van der Waals surface area contributed by atoms with E-state index < -0.39 is 5.54 Å². The van der Waals surface area contributed by atoms with Crippen LogP contribution in [0.3, 0.4) is 0 Å². The van der Waals surface area contributed by atoms with Gasteiger partial charge in [-0.1, -0.05) is 0 Å². The normalized spacial score (nSPS) is 19.3. The quantitative estimate of drug-likeness (QED) is 0.0991. The molecule has 3 aromatic rings. The van der Waals surface area contributed by atoms with Crippen LogP contribution in [0, 0.1) is 10.1 Å². The Bertz CT molecular complexity index is 1560. The summed E-state index contributed by atoms with van der Waals surface area (Å²) in [5.41, 5.74) is 5.76. The van der Waals surface area contributed by atoms with Gasteiger partial charge in [-0.15, -0.1) is 37.2 Å². The van der Waals surface area contributed by atoms with Gasteiger partial charge in [-0.3, -0.25) is 10.1 Å². The highest BCUT2D eigenvalue weighted by atomic mass is 35.5. The van der Waals surface area contributed by atoms with Crippen LogP contribution in [0.25, 0.3) is 0 Å². The first-order valence-corrected chi connectivity index (χ1v) is 18.4. The molecule has 0 bridgehead atoms. The summed E-state index contributed by atoms with van der Waals surface area (Å²) < 4.78 is 33.7. The Morgan fingerprint density at radius 1 is 0.527 bits per heavy atom. The SMILES string of the molecule is COc1cc2c(cc1OC)C(CCC(CCC1NCCc3cc(OC)c(OC)cc31)(CCC1NCCc3cc(OC)c(OC)cc31)[N+](=O)[O-])NCC2.Cl.Cl.Cl. The van der Waals surface area contributed by atoms with Gasteiger partial charge in [0.25, 0.3) is 0 Å². The number of fused-ring (bicyclic) bond motifs is 3. The van der Waals surface area contributed by atoms with E-state index in [9.17, 15) is 10.1 Å². The lowest BCUT2D eigenvalue weighted by Gasteiger charge is -2.35. The maximum absolute atomic E-state index is 13.6. The molecule has 0 aliphatic carbocycles. The maximum Gasteiger partial charge on any atom is 0.222 e. The Morgan fingerprint density at radius 2 is 0.782 bits per heavy atom. The molecule has 0 saturated heterocycles. The standard InChI is InChI=1S/C40H54N4O8.3ClH/c1-47-34-19-25-10-16-41-31(28(25)22-37(34)50-4)7-13-40(44(45)46,14-8-32-29-23-38(51-5)35(48-2)20-26(29)11-17-42-32)15-9-33-30-24-39(52-6)36(49-3)21-27(30)12-18-43-33;;;/h19-24,31-33,41-43H,7-18H2,1-6H3;3*1H. The molecule has 3 unspecified atom stereocenters. The first-order chi connectivity index (χ1) is 25.3. The van der Waals surface area contributed by atoms with Gasteiger partial charge >= 0.3 is 0 Å². The largest absolute Gasteiger partial charge is 0.493 e. The number of nitro groups is 1. The Kier molecular flexibility index (Phi) is 17.3. The third-order valence-electron chi connectivity index (χ3n) is 11.5. The summed E-state index contributed by atoms with van der Waals surface area (Å²) in [6, 6.07) is 12.1. The summed E-state index contributed by atoms with van der Waals surface area (Å²) in [5.74, 6) is 4.10. The Morgan fingerprint density at radius 3 is 1.02 bits per heavy atom. The minimum atomic E-state index is -1.17. The predicted molar refractivity (Wildman–Crippen MR) is 221 cm³/mol. The number of nitrogens with one attached hydrogen (secondary N) is 3. The fraction of sp³-hybridized carbons (Fsp3) is 0.550. The first-order valence-electron chi connectivity index (χ1n) is 18.4. The van der Waals surface area contributed by atoms with Crippen LogP contribution in [0.15, 0.2) is 36.4 Å². The topological polar surface area (TPSA) is 135 Å². The van der Waals surface area contributed by atoms with Crippen molar-refractivity contribution in [1.82, 2.24) is 16.0 Å². The second-order valence-electron chi connectivity index (χ2n) is 14.1. The number of hydrogen-bond acceptors (Lipinski definition) is 11. The number of hydrogen-bond donors (Lipinski definition) is 3. The molecule has 0 radical (unpaired) electrons. The van der Waals surface area contributed by atoms with E-state index >= 15 is 0 Å². The van der Waals surface area contributed by atoms with Gasteiger partial charge in [-0.25, -0.2) is 0 Å². The van der Waals surface area contributed by atoms with Crippen molar-refractivity contribution in [3.63, 3.8) is 0 Å². The molecule has 6 rings (SSSR count). The van der Waals surface area contributed by atoms with Crippen LogP contribution in [0.2, 0.25) is 0 Å². The molecule has 3 aliphatic heterocycles. The van der Waals surface area contributed by atoms with E-state index in [2.05, 4.69) is 16.0 Å². The van der Waals surface area contributed by atoms with Gasteiger partial charge in [0.1, 0.15) is 0 Å². The number of ether oxygens (including phenoxy) is 6. The van der Waals surface area contributed by atoms with Gasteiger partial charge < -0.3 is 44.4 Å². The Labute approximate surface area is 343 Å². The monoisotopic (exact) mass is 826 g/mol. The first kappa shape index (κ1) is 46.0. The van der Waals surface area contributed by atoms with Gasteiger partial charge in [0, 0.05) is 42.3 Å². The average molecular weight is 828 g/mol. The van der Waals surface area contributed by atoms with Crippen molar-refractivity contribution in [2.45, 2.75) is 81.5 Å². The molecule has 15 heteroatoms. The number of halogens is 3. The third-order valence-corrected chi connectivity index (χ3v) is 11.5. The fourth-order valence-electron chi connectivity index (χ4n) is 8.57. The summed E-state index contributed by atoms with van der Waals surface area (Å²) in [6.45, 7) is 2.38. The molecule has 12 nitrogen and oxygen atoms in total. The molecule has 0 aromatic heterocycles. The van der Waals surface area contributed by atoms with Crippen LogP contribution in [-0.2, 0) is 19.3 Å². The lowest BCUT2D eigenvalue weighted by molar-refractivity contribution is -0.574. The second kappa shape index (κ2) is 20.7. The van der Waals surface area contributed by atoms with E-state index in [0.29, 0.717) is 73.0 Å². The summed E-state index contributed by atoms with van der Waals surface area (Å²) in [4.78, 5) is 13.6. The molecule has 3 aromatic carbocycles. The van der Waals surface area contributed by atoms with Gasteiger partial charge in [-0.05, 0) is 128 Å². The molecular formula is C40H57Cl3N4O8. The fourth-order valence-corrected chi connectivity index (χ4v) is 8.57. The van der Waals surface area contributed by atoms with Crippen molar-refractivity contribution in [3.05, 3.63) is 79.9 Å². The van der Waals surface area contributed by atoms with Crippen molar-refractivity contribution < 1.29 is 33.3 Å². The molecule has 3 aliphatic rings. The predicted octanol–water partition coefficient (Wildman–Crippen LogP) is 7.32. The van der Waals surface area contributed by atoms with Crippen LogP contribution in [-0.4, -0.2) is 72.8 Å². The Hall–Kier alpha value is -3.39. The smallest absolute Gasteiger partial charge is 0.222 e. The molecule has 3 atom stereocenters. The minimum Gasteiger partial charge on any atom is -0.493 e. The summed E-state index contributed by atoms with van der Waals surface area (Å²) in [5, 5.41) is 24.6. The highest BCUT2D eigenvalue weighted by molar-refractivity contribution is 5.86. The summed E-state index contributed by atoms with van der Waals surface area (Å²) in [6.07, 6.45) is 5.67. The van der Waals surface area contributed by atoms with Gasteiger partial charge in [0.15, 0.2) is 34.5 Å². The van der Waals surface area contributed by atoms with Crippen LogP contribution >= 0.6 is 37.2 Å². The third kappa shape index (κ3) is 9.77. The molecule has 306 valence electrons. The zero-order chi connectivity index (χ0) is 36.8. The second-order valence-corrected chi connectivity index (χ2v) is 14.1. The van der Waals surface area contributed by atoms with Crippen LogP contribution in [0.5, 0.6) is 34.5 Å². The van der Waals surface area contributed by atoms with Crippen molar-refractivity contribution in [3.8, 4) is 34.5 Å². The summed E-state index contributed by atoms with van der Waals surface area (Å²) in [7, 11) is 9.85. The van der Waals surface area contributed by atoms with E-state index in [1.54, 1.807) is 42.7 Å². The molecule has 3 N–H and O–H groups in total. The van der Waals surface area contributed by atoms with Crippen molar-refractivity contribution in [2.75, 3.05) is 62.3 Å². The lowest BCUT2D eigenvalue weighted by atomic mass is 9.77.